The van der Waals surface area contributed by atoms with E-state index in [0.717, 1.165) is 0 Å². The molecule has 1 rings (SSSR count). The van der Waals surface area contributed by atoms with Crippen molar-refractivity contribution in [3.8, 4) is 0 Å². The molecule has 0 aromatic carbocycles. The lowest BCUT2D eigenvalue weighted by Gasteiger charge is -2.36. The van der Waals surface area contributed by atoms with Crippen molar-refractivity contribution in [2.45, 2.75) is 24.9 Å². The van der Waals surface area contributed by atoms with E-state index in [4.69, 9.17) is 18.9 Å². The molecule has 0 saturated carbocycles. The molecule has 1 aliphatic heterocycles. The van der Waals surface area contributed by atoms with Crippen molar-refractivity contribution in [2.75, 3.05) is 79.0 Å². The number of aliphatic carboxylic acids is 4. The summed E-state index contributed by atoms with van der Waals surface area (Å²) in [5.74, 6) is -5.92. The van der Waals surface area contributed by atoms with E-state index < -0.39 is 35.5 Å². The van der Waals surface area contributed by atoms with E-state index >= 15 is 0 Å². The van der Waals surface area contributed by atoms with Crippen LogP contribution in [-0.2, 0) is 38.1 Å². The first-order valence-electron chi connectivity index (χ1n) is 10.9. The van der Waals surface area contributed by atoms with Crippen molar-refractivity contribution in [2.24, 2.45) is 0 Å². The Morgan fingerprint density at radius 2 is 1.03 bits per heavy atom. The summed E-state index contributed by atoms with van der Waals surface area (Å²) in [7, 11) is 0. The van der Waals surface area contributed by atoms with E-state index in [1.165, 1.54) is 16.7 Å². The number of ether oxygens (including phenoxy) is 4. The smallest absolute Gasteiger partial charge is 0.335 e. The van der Waals surface area contributed by atoms with Gasteiger partial charge in [-0.3, -0.25) is 9.80 Å². The molecule has 34 heavy (non-hydrogen) atoms. The average molecular weight is 494 g/mol. The first-order valence-corrected chi connectivity index (χ1v) is 10.9. The van der Waals surface area contributed by atoms with Gasteiger partial charge in [-0.25, -0.2) is 19.2 Å². The van der Waals surface area contributed by atoms with Crippen LogP contribution in [0.25, 0.3) is 0 Å². The second-order valence-electron chi connectivity index (χ2n) is 7.38. The van der Waals surface area contributed by atoms with Gasteiger partial charge in [0.1, 0.15) is 0 Å². The Balaban J connectivity index is 2.79. The van der Waals surface area contributed by atoms with Crippen molar-refractivity contribution in [1.29, 1.82) is 0 Å². The molecule has 0 aromatic rings. The third-order valence-electron chi connectivity index (χ3n) is 5.39. The summed E-state index contributed by atoms with van der Waals surface area (Å²) in [6.45, 7) is 2.27. The van der Waals surface area contributed by atoms with Crippen LogP contribution in [0.4, 0.5) is 0 Å². The molecule has 0 amide bonds. The standard InChI is InChI=1S/C20H34N2O12/c1-2-20(18(27)28,19(29)30)22-5-9-33-13-11-31-7-3-21(15(16(23)24)17(25)26)4-8-32-12-14-34-10-6-22/h15H,2-14H2,1H3,(H,23,24)(H,25,26)(H,27,28)(H,29,30). The maximum atomic E-state index is 11.9. The maximum Gasteiger partial charge on any atom is 0.335 e. The molecule has 0 radical (unpaired) electrons. The topological polar surface area (TPSA) is 193 Å². The lowest BCUT2D eigenvalue weighted by molar-refractivity contribution is -0.170. The van der Waals surface area contributed by atoms with Gasteiger partial charge in [-0.1, -0.05) is 6.92 Å². The molecule has 196 valence electrons. The van der Waals surface area contributed by atoms with Gasteiger partial charge in [0, 0.05) is 26.2 Å². The summed E-state index contributed by atoms with van der Waals surface area (Å²) in [5, 5.41) is 37.8. The number of rotatable bonds is 7. The minimum absolute atomic E-state index is 0.0268. The van der Waals surface area contributed by atoms with Crippen molar-refractivity contribution in [3.05, 3.63) is 0 Å². The van der Waals surface area contributed by atoms with Crippen LogP contribution in [0.15, 0.2) is 0 Å². The van der Waals surface area contributed by atoms with E-state index in [1.807, 2.05) is 0 Å². The number of carboxylic acid groups (broad SMARTS) is 4. The Kier molecular flexibility index (Phi) is 13.5. The van der Waals surface area contributed by atoms with E-state index in [-0.39, 0.29) is 85.5 Å². The molecule has 0 bridgehead atoms. The molecular formula is C20H34N2O12. The molecule has 0 aliphatic carbocycles. The van der Waals surface area contributed by atoms with Crippen molar-refractivity contribution >= 4 is 23.9 Å². The summed E-state index contributed by atoms with van der Waals surface area (Å²) in [4.78, 5) is 49.0. The maximum absolute atomic E-state index is 11.9. The summed E-state index contributed by atoms with van der Waals surface area (Å²) in [5.41, 5.74) is -2.12. The first-order chi connectivity index (χ1) is 16.2. The molecule has 0 aromatic heterocycles. The first kappa shape index (κ1) is 29.7. The molecule has 0 unspecified atom stereocenters. The minimum atomic E-state index is -2.12. The predicted molar refractivity (Wildman–Crippen MR) is 114 cm³/mol. The number of hydrogen-bond acceptors (Lipinski definition) is 10. The number of hydrogen-bond donors (Lipinski definition) is 4. The Bertz CT molecular complexity index is 626. The van der Waals surface area contributed by atoms with Gasteiger partial charge < -0.3 is 39.4 Å². The van der Waals surface area contributed by atoms with Crippen LogP contribution in [0, 0.1) is 0 Å². The molecule has 14 nitrogen and oxygen atoms in total. The number of carboxylic acids is 4. The predicted octanol–water partition coefficient (Wildman–Crippen LogP) is -1.47. The molecule has 0 spiro atoms. The second kappa shape index (κ2) is 15.5. The fourth-order valence-electron chi connectivity index (χ4n) is 3.53. The summed E-state index contributed by atoms with van der Waals surface area (Å²) < 4.78 is 21.7. The molecule has 1 fully saturated rings. The normalized spacial score (nSPS) is 19.7. The Labute approximate surface area is 196 Å². The zero-order valence-corrected chi connectivity index (χ0v) is 19.2. The van der Waals surface area contributed by atoms with Crippen molar-refractivity contribution < 1.29 is 58.6 Å². The quantitative estimate of drug-likeness (QED) is 0.300. The Morgan fingerprint density at radius 1 is 0.676 bits per heavy atom. The van der Waals surface area contributed by atoms with Crippen LogP contribution >= 0.6 is 0 Å². The lowest BCUT2D eigenvalue weighted by Crippen LogP contribution is -2.61. The molecule has 1 heterocycles. The zero-order valence-electron chi connectivity index (χ0n) is 19.2. The molecule has 14 heteroatoms. The third-order valence-corrected chi connectivity index (χ3v) is 5.39. The van der Waals surface area contributed by atoms with Gasteiger partial charge in [-0.05, 0) is 6.42 Å². The van der Waals surface area contributed by atoms with Gasteiger partial charge in [0.05, 0.1) is 52.9 Å². The van der Waals surface area contributed by atoms with Crippen LogP contribution in [0.1, 0.15) is 13.3 Å². The largest absolute Gasteiger partial charge is 0.480 e. The lowest BCUT2D eigenvalue weighted by atomic mass is 9.93. The highest BCUT2D eigenvalue weighted by molar-refractivity contribution is 6.03. The number of nitrogens with zero attached hydrogens (tertiary/aromatic N) is 2. The highest BCUT2D eigenvalue weighted by atomic mass is 16.5. The minimum Gasteiger partial charge on any atom is -0.480 e. The Morgan fingerprint density at radius 3 is 1.32 bits per heavy atom. The molecule has 1 saturated heterocycles. The van der Waals surface area contributed by atoms with Gasteiger partial charge in [0.2, 0.25) is 11.6 Å². The van der Waals surface area contributed by atoms with Gasteiger partial charge in [0.25, 0.3) is 0 Å². The van der Waals surface area contributed by atoms with Crippen LogP contribution < -0.4 is 0 Å². The van der Waals surface area contributed by atoms with Gasteiger partial charge >= 0.3 is 23.9 Å². The number of carbonyl (C=O) groups is 4. The average Bonchev–Trinajstić information content (AvgIpc) is 2.75. The fourth-order valence-corrected chi connectivity index (χ4v) is 3.53. The summed E-state index contributed by atoms with van der Waals surface area (Å²) in [6, 6.07) is -1.74. The summed E-state index contributed by atoms with van der Waals surface area (Å²) >= 11 is 0. The van der Waals surface area contributed by atoms with Crippen LogP contribution in [0.2, 0.25) is 0 Å². The van der Waals surface area contributed by atoms with Crippen molar-refractivity contribution in [3.63, 3.8) is 0 Å². The van der Waals surface area contributed by atoms with Crippen LogP contribution in [-0.4, -0.2) is 145 Å². The fraction of sp³-hybridized carbons (Fsp3) is 0.800. The van der Waals surface area contributed by atoms with E-state index in [9.17, 15) is 39.6 Å². The Hall–Kier alpha value is -2.36. The molecular weight excluding hydrogens is 460 g/mol. The van der Waals surface area contributed by atoms with Crippen molar-refractivity contribution in [1.82, 2.24) is 9.80 Å². The van der Waals surface area contributed by atoms with Gasteiger partial charge in [-0.15, -0.1) is 0 Å². The molecule has 1 aliphatic rings. The van der Waals surface area contributed by atoms with Gasteiger partial charge in [0.15, 0.2) is 0 Å². The van der Waals surface area contributed by atoms with E-state index in [0.29, 0.717) is 0 Å². The highest BCUT2D eigenvalue weighted by Gasteiger charge is 2.50. The van der Waals surface area contributed by atoms with E-state index in [1.54, 1.807) is 0 Å². The summed E-state index contributed by atoms with van der Waals surface area (Å²) in [6.07, 6.45) is -0.159. The molecule has 4 N–H and O–H groups in total. The monoisotopic (exact) mass is 494 g/mol. The highest BCUT2D eigenvalue weighted by Crippen LogP contribution is 2.21. The third kappa shape index (κ3) is 8.77. The SMILES string of the molecule is CCC(C(=O)O)(C(=O)O)N1CCOCCOCCN(C(C(=O)O)C(=O)O)CCOCCOCC1. The zero-order chi connectivity index (χ0) is 25.6. The van der Waals surface area contributed by atoms with Crippen LogP contribution in [0.3, 0.4) is 0 Å². The second-order valence-corrected chi connectivity index (χ2v) is 7.38. The molecule has 0 atom stereocenters. The van der Waals surface area contributed by atoms with Gasteiger partial charge in [-0.2, -0.15) is 0 Å². The van der Waals surface area contributed by atoms with E-state index in [2.05, 4.69) is 0 Å². The van der Waals surface area contributed by atoms with Crippen LogP contribution in [0.5, 0.6) is 0 Å².